The summed E-state index contributed by atoms with van der Waals surface area (Å²) >= 11 is 3.22. The van der Waals surface area contributed by atoms with Crippen molar-refractivity contribution in [2.75, 3.05) is 6.54 Å². The molecule has 0 saturated heterocycles. The van der Waals surface area contributed by atoms with Crippen molar-refractivity contribution >= 4 is 31.9 Å². The highest BCUT2D eigenvalue weighted by atomic mass is 79.9. The van der Waals surface area contributed by atoms with Crippen LogP contribution >= 0.6 is 15.9 Å². The van der Waals surface area contributed by atoms with Crippen LogP contribution in [0, 0.1) is 12.8 Å². The Labute approximate surface area is 138 Å². The second-order valence-electron chi connectivity index (χ2n) is 5.97. The Balaban J connectivity index is 2.40. The number of hydrogen-bond donors (Lipinski definition) is 3. The van der Waals surface area contributed by atoms with Crippen LogP contribution in [0.3, 0.4) is 0 Å². The Kier molecular flexibility index (Phi) is 4.68. The summed E-state index contributed by atoms with van der Waals surface area (Å²) in [4.78, 5) is 12.5. The van der Waals surface area contributed by atoms with Gasteiger partial charge in [-0.3, -0.25) is 4.79 Å². The summed E-state index contributed by atoms with van der Waals surface area (Å²) in [7, 11) is -3.90. The van der Waals surface area contributed by atoms with Crippen molar-refractivity contribution in [1.29, 1.82) is 0 Å². The molecule has 1 fully saturated rings. The number of hydrogen-bond acceptors (Lipinski definition) is 4. The molecule has 1 aromatic carbocycles. The van der Waals surface area contributed by atoms with Gasteiger partial charge in [-0.15, -0.1) is 0 Å². The third-order valence-electron chi connectivity index (χ3n) is 4.18. The maximum atomic E-state index is 12.6. The summed E-state index contributed by atoms with van der Waals surface area (Å²) in [6, 6.07) is 2.98. The van der Waals surface area contributed by atoms with E-state index in [1.165, 1.54) is 6.07 Å². The molecule has 1 amide bonds. The fraction of sp³-hybridized carbons (Fsp3) is 0.500. The molecule has 1 atom stereocenters. The van der Waals surface area contributed by atoms with Gasteiger partial charge in [0.25, 0.3) is 5.91 Å². The van der Waals surface area contributed by atoms with E-state index in [1.807, 2.05) is 6.92 Å². The van der Waals surface area contributed by atoms with Gasteiger partial charge in [0.1, 0.15) is 0 Å². The molecule has 122 valence electrons. The zero-order chi connectivity index (χ0) is 16.7. The maximum absolute atomic E-state index is 12.6. The summed E-state index contributed by atoms with van der Waals surface area (Å²) < 4.78 is 23.8. The highest BCUT2D eigenvalue weighted by Crippen LogP contribution is 2.39. The first-order chi connectivity index (χ1) is 10.1. The fourth-order valence-electron chi connectivity index (χ4n) is 2.55. The largest absolute Gasteiger partial charge is 0.345 e. The Morgan fingerprint density at radius 1 is 1.45 bits per heavy atom. The van der Waals surface area contributed by atoms with Crippen LogP contribution in [0.2, 0.25) is 0 Å². The molecule has 0 heterocycles. The third kappa shape index (κ3) is 3.51. The molecule has 2 rings (SSSR count). The minimum Gasteiger partial charge on any atom is -0.345 e. The van der Waals surface area contributed by atoms with Crippen LogP contribution in [-0.4, -0.2) is 26.4 Å². The topological polar surface area (TPSA) is 115 Å². The third-order valence-corrected chi connectivity index (χ3v) is 5.67. The van der Waals surface area contributed by atoms with Gasteiger partial charge < -0.3 is 11.1 Å². The van der Waals surface area contributed by atoms with Crippen molar-refractivity contribution in [3.05, 3.63) is 27.7 Å². The molecule has 0 aliphatic heterocycles. The smallest absolute Gasteiger partial charge is 0.252 e. The van der Waals surface area contributed by atoms with Crippen molar-refractivity contribution in [2.45, 2.75) is 37.1 Å². The highest BCUT2D eigenvalue weighted by Gasteiger charge is 2.41. The molecule has 1 aromatic rings. The number of halogens is 1. The number of nitrogens with two attached hydrogens (primary N) is 2. The molecule has 1 aliphatic carbocycles. The molecule has 0 radical (unpaired) electrons. The lowest BCUT2D eigenvalue weighted by molar-refractivity contribution is 0.0897. The van der Waals surface area contributed by atoms with Crippen LogP contribution in [-0.2, 0) is 10.0 Å². The van der Waals surface area contributed by atoms with E-state index in [9.17, 15) is 13.2 Å². The van der Waals surface area contributed by atoms with Gasteiger partial charge in [-0.2, -0.15) is 0 Å². The second kappa shape index (κ2) is 5.92. The Bertz CT molecular complexity index is 716. The second-order valence-corrected chi connectivity index (χ2v) is 8.42. The number of nitrogens with one attached hydrogen (secondary N) is 1. The Hall–Kier alpha value is -0.960. The van der Waals surface area contributed by atoms with Crippen molar-refractivity contribution in [3.63, 3.8) is 0 Å². The van der Waals surface area contributed by atoms with Gasteiger partial charge >= 0.3 is 0 Å². The van der Waals surface area contributed by atoms with Gasteiger partial charge in [-0.05, 0) is 50.3 Å². The van der Waals surface area contributed by atoms with E-state index in [-0.39, 0.29) is 16.4 Å². The average Bonchev–Trinajstić information content (AvgIpc) is 3.24. The first-order valence-electron chi connectivity index (χ1n) is 6.94. The monoisotopic (exact) mass is 389 g/mol. The van der Waals surface area contributed by atoms with Gasteiger partial charge in [-0.25, -0.2) is 13.6 Å². The average molecular weight is 390 g/mol. The first-order valence-corrected chi connectivity index (χ1v) is 9.28. The van der Waals surface area contributed by atoms with Crippen LogP contribution in [0.15, 0.2) is 21.5 Å². The molecule has 1 unspecified atom stereocenters. The van der Waals surface area contributed by atoms with Crippen molar-refractivity contribution in [1.82, 2.24) is 5.32 Å². The number of primary sulfonamides is 1. The molecule has 5 N–H and O–H groups in total. The number of rotatable bonds is 5. The summed E-state index contributed by atoms with van der Waals surface area (Å²) in [5, 5.41) is 8.15. The lowest BCUT2D eigenvalue weighted by Gasteiger charge is -2.30. The summed E-state index contributed by atoms with van der Waals surface area (Å²) in [6.45, 7) is 3.81. The zero-order valence-corrected chi connectivity index (χ0v) is 14.9. The van der Waals surface area contributed by atoms with Crippen LogP contribution in [0.25, 0.3) is 0 Å². The zero-order valence-electron chi connectivity index (χ0n) is 12.5. The van der Waals surface area contributed by atoms with E-state index in [0.29, 0.717) is 22.5 Å². The van der Waals surface area contributed by atoms with E-state index in [0.717, 1.165) is 12.8 Å². The molecular weight excluding hydrogens is 370 g/mol. The van der Waals surface area contributed by atoms with Crippen molar-refractivity contribution < 1.29 is 13.2 Å². The van der Waals surface area contributed by atoms with Crippen LogP contribution in [0.1, 0.15) is 35.7 Å². The standard InChI is InChI=1S/C14H20BrN3O3S/c1-8-11(5-10(15)6-12(8)22(17,20)21)13(19)18-14(2,7-16)9-3-4-9/h5-6,9H,3-4,7,16H2,1-2H3,(H,18,19)(H2,17,20,21). The SMILES string of the molecule is Cc1c(C(=O)NC(C)(CN)C2CC2)cc(Br)cc1S(N)(=O)=O. The number of benzene rings is 1. The minimum atomic E-state index is -3.90. The van der Waals surface area contributed by atoms with E-state index in [1.54, 1.807) is 13.0 Å². The van der Waals surface area contributed by atoms with E-state index >= 15 is 0 Å². The van der Waals surface area contributed by atoms with Crippen molar-refractivity contribution in [2.24, 2.45) is 16.8 Å². The van der Waals surface area contributed by atoms with Gasteiger partial charge in [0.05, 0.1) is 10.4 Å². The molecule has 8 heteroatoms. The van der Waals surface area contributed by atoms with Gasteiger partial charge in [-0.1, -0.05) is 15.9 Å². The maximum Gasteiger partial charge on any atom is 0.252 e. The van der Waals surface area contributed by atoms with Crippen LogP contribution in [0.4, 0.5) is 0 Å². The van der Waals surface area contributed by atoms with Crippen LogP contribution < -0.4 is 16.2 Å². The molecule has 0 aromatic heterocycles. The van der Waals surface area contributed by atoms with Gasteiger partial charge in [0.2, 0.25) is 10.0 Å². The number of sulfonamides is 1. The predicted molar refractivity (Wildman–Crippen MR) is 87.9 cm³/mol. The minimum absolute atomic E-state index is 0.0621. The Morgan fingerprint density at radius 3 is 2.50 bits per heavy atom. The molecule has 1 aliphatic rings. The predicted octanol–water partition coefficient (Wildman–Crippen LogP) is 1.26. The summed E-state index contributed by atoms with van der Waals surface area (Å²) in [6.07, 6.45) is 2.07. The molecular formula is C14H20BrN3O3S. The van der Waals surface area contributed by atoms with E-state index < -0.39 is 15.6 Å². The molecule has 1 saturated carbocycles. The van der Waals surface area contributed by atoms with E-state index in [4.69, 9.17) is 10.9 Å². The fourth-order valence-corrected chi connectivity index (χ4v) is 3.99. The number of amides is 1. The first kappa shape index (κ1) is 17.4. The summed E-state index contributed by atoms with van der Waals surface area (Å²) in [5.74, 6) is 0.0233. The van der Waals surface area contributed by atoms with Gasteiger partial charge in [0, 0.05) is 16.6 Å². The molecule has 6 nitrogen and oxygen atoms in total. The lowest BCUT2D eigenvalue weighted by Crippen LogP contribution is -2.53. The lowest BCUT2D eigenvalue weighted by atomic mass is 9.95. The van der Waals surface area contributed by atoms with Gasteiger partial charge in [0.15, 0.2) is 0 Å². The highest BCUT2D eigenvalue weighted by molar-refractivity contribution is 9.10. The number of carbonyl (C=O) groups excluding carboxylic acids is 1. The summed E-state index contributed by atoms with van der Waals surface area (Å²) in [5.41, 5.74) is 5.93. The number of carbonyl (C=O) groups is 1. The molecule has 22 heavy (non-hydrogen) atoms. The van der Waals surface area contributed by atoms with Crippen LogP contribution in [0.5, 0.6) is 0 Å². The van der Waals surface area contributed by atoms with E-state index in [2.05, 4.69) is 21.2 Å². The van der Waals surface area contributed by atoms with Crippen molar-refractivity contribution in [3.8, 4) is 0 Å². The normalized spacial score (nSPS) is 17.9. The Morgan fingerprint density at radius 2 is 2.05 bits per heavy atom. The molecule has 0 bridgehead atoms. The molecule has 0 spiro atoms. The quantitative estimate of drug-likeness (QED) is 0.702.